The highest BCUT2D eigenvalue weighted by molar-refractivity contribution is 5.06. The molecule has 1 unspecified atom stereocenters. The summed E-state index contributed by atoms with van der Waals surface area (Å²) < 4.78 is 33.9. The molecule has 3 nitrogen and oxygen atoms in total. The van der Waals surface area contributed by atoms with Gasteiger partial charge in [0.2, 0.25) is 0 Å². The van der Waals surface area contributed by atoms with Crippen molar-refractivity contribution in [1.29, 1.82) is 0 Å². The van der Waals surface area contributed by atoms with E-state index < -0.39 is 5.92 Å². The van der Waals surface area contributed by atoms with Gasteiger partial charge >= 0.3 is 0 Å². The molecule has 0 radical (unpaired) electrons. The molecule has 0 spiro atoms. The van der Waals surface area contributed by atoms with Crippen LogP contribution in [0.1, 0.15) is 57.2 Å². The zero-order valence-electron chi connectivity index (χ0n) is 15.3. The Labute approximate surface area is 149 Å². The summed E-state index contributed by atoms with van der Waals surface area (Å²) in [4.78, 5) is 2.50. The summed E-state index contributed by atoms with van der Waals surface area (Å²) in [5.74, 6) is -1.71. The van der Waals surface area contributed by atoms with Crippen LogP contribution < -0.4 is 0 Å². The van der Waals surface area contributed by atoms with Gasteiger partial charge in [0.05, 0.1) is 12.2 Å². The van der Waals surface area contributed by atoms with Gasteiger partial charge in [0.25, 0.3) is 5.92 Å². The molecule has 2 saturated carbocycles. The Hall–Kier alpha value is -0.940. The van der Waals surface area contributed by atoms with Crippen molar-refractivity contribution >= 4 is 0 Å². The van der Waals surface area contributed by atoms with E-state index in [0.717, 1.165) is 19.0 Å². The van der Waals surface area contributed by atoms with Gasteiger partial charge in [-0.15, -0.1) is 0 Å². The first-order valence-corrected chi connectivity index (χ1v) is 9.82. The summed E-state index contributed by atoms with van der Waals surface area (Å²) in [7, 11) is 0. The fraction of sp³-hybridized carbons (Fsp3) is 0.800. The number of ether oxygens (including phenoxy) is 1. The molecule has 140 valence electrons. The average Bonchev–Trinajstić information content (AvgIpc) is 2.94. The van der Waals surface area contributed by atoms with Crippen molar-refractivity contribution in [2.75, 3.05) is 13.1 Å². The highest BCUT2D eigenvalue weighted by Crippen LogP contribution is 2.41. The van der Waals surface area contributed by atoms with Crippen LogP contribution in [0, 0.1) is 12.8 Å². The van der Waals surface area contributed by atoms with Gasteiger partial charge in [-0.2, -0.15) is 0 Å². The second kappa shape index (κ2) is 6.66. The van der Waals surface area contributed by atoms with Gasteiger partial charge in [0, 0.05) is 49.9 Å². The molecule has 0 amide bonds. The zero-order valence-corrected chi connectivity index (χ0v) is 15.3. The molecule has 1 atom stereocenters. The number of aromatic nitrogens is 1. The minimum Gasteiger partial charge on any atom is -0.372 e. The van der Waals surface area contributed by atoms with Gasteiger partial charge in [-0.3, -0.25) is 4.90 Å². The fourth-order valence-electron chi connectivity index (χ4n) is 4.94. The van der Waals surface area contributed by atoms with Crippen LogP contribution in [0.3, 0.4) is 0 Å². The third kappa shape index (κ3) is 3.63. The van der Waals surface area contributed by atoms with Crippen molar-refractivity contribution < 1.29 is 13.5 Å². The average molecular weight is 352 g/mol. The van der Waals surface area contributed by atoms with Crippen LogP contribution in [-0.2, 0) is 4.74 Å². The van der Waals surface area contributed by atoms with Crippen molar-refractivity contribution in [1.82, 2.24) is 9.47 Å². The number of hydrogen-bond acceptors (Lipinski definition) is 2. The molecule has 2 aliphatic carbocycles. The minimum absolute atomic E-state index is 0.0781. The monoisotopic (exact) mass is 352 g/mol. The predicted molar refractivity (Wildman–Crippen MR) is 94.0 cm³/mol. The van der Waals surface area contributed by atoms with E-state index >= 15 is 0 Å². The van der Waals surface area contributed by atoms with Crippen molar-refractivity contribution in [3.8, 4) is 0 Å². The Morgan fingerprint density at radius 3 is 2.36 bits per heavy atom. The third-order valence-electron chi connectivity index (χ3n) is 6.68. The zero-order chi connectivity index (χ0) is 17.6. The van der Waals surface area contributed by atoms with Gasteiger partial charge in [-0.05, 0) is 57.6 Å². The SMILES string of the molecule is Cc1cccn1C(C)C1CCC(N2CC(OC3CC(F)(F)C3)C2)CC1. The highest BCUT2D eigenvalue weighted by Gasteiger charge is 2.48. The summed E-state index contributed by atoms with van der Waals surface area (Å²) in [5.41, 5.74) is 1.35. The molecule has 3 fully saturated rings. The topological polar surface area (TPSA) is 17.4 Å². The van der Waals surface area contributed by atoms with Crippen LogP contribution in [0.2, 0.25) is 0 Å². The maximum Gasteiger partial charge on any atom is 0.253 e. The van der Waals surface area contributed by atoms with Crippen molar-refractivity contribution in [3.63, 3.8) is 0 Å². The number of halogens is 2. The lowest BCUT2D eigenvalue weighted by Crippen LogP contribution is -2.59. The molecule has 5 heteroatoms. The number of rotatable bonds is 5. The Morgan fingerprint density at radius 2 is 1.80 bits per heavy atom. The molecule has 25 heavy (non-hydrogen) atoms. The minimum atomic E-state index is -2.47. The van der Waals surface area contributed by atoms with Gasteiger partial charge in [0.15, 0.2) is 0 Å². The molecule has 1 saturated heterocycles. The Morgan fingerprint density at radius 1 is 1.12 bits per heavy atom. The Balaban J connectivity index is 1.18. The second-order valence-corrected chi connectivity index (χ2v) is 8.46. The Kier molecular flexibility index (Phi) is 4.65. The van der Waals surface area contributed by atoms with Crippen LogP contribution in [0.25, 0.3) is 0 Å². The number of aryl methyl sites for hydroxylation is 1. The van der Waals surface area contributed by atoms with E-state index in [1.165, 1.54) is 31.4 Å². The van der Waals surface area contributed by atoms with Crippen molar-refractivity contribution in [3.05, 3.63) is 24.0 Å². The maximum atomic E-state index is 12.9. The van der Waals surface area contributed by atoms with E-state index in [4.69, 9.17) is 4.74 Å². The predicted octanol–water partition coefficient (Wildman–Crippen LogP) is 4.41. The van der Waals surface area contributed by atoms with Crippen LogP contribution in [0.15, 0.2) is 18.3 Å². The molecule has 0 aromatic carbocycles. The summed E-state index contributed by atoms with van der Waals surface area (Å²) >= 11 is 0. The summed E-state index contributed by atoms with van der Waals surface area (Å²) in [6.45, 7) is 6.40. The quantitative estimate of drug-likeness (QED) is 0.781. The number of alkyl halides is 2. The van der Waals surface area contributed by atoms with Crippen LogP contribution in [-0.4, -0.2) is 46.7 Å². The van der Waals surface area contributed by atoms with E-state index in [0.29, 0.717) is 12.1 Å². The van der Waals surface area contributed by atoms with Crippen molar-refractivity contribution in [2.45, 2.75) is 82.6 Å². The van der Waals surface area contributed by atoms with Crippen molar-refractivity contribution in [2.24, 2.45) is 5.92 Å². The molecular formula is C20H30F2N2O. The molecule has 3 aliphatic rings. The Bertz CT molecular complexity index is 580. The molecule has 0 bridgehead atoms. The van der Waals surface area contributed by atoms with E-state index in [9.17, 15) is 8.78 Å². The first-order valence-electron chi connectivity index (χ1n) is 9.82. The third-order valence-corrected chi connectivity index (χ3v) is 6.68. The van der Waals surface area contributed by atoms with E-state index in [1.807, 2.05) is 0 Å². The highest BCUT2D eigenvalue weighted by atomic mass is 19.3. The fourth-order valence-corrected chi connectivity index (χ4v) is 4.94. The summed E-state index contributed by atoms with van der Waals surface area (Å²) in [6, 6.07) is 5.55. The van der Waals surface area contributed by atoms with Gasteiger partial charge in [0.1, 0.15) is 0 Å². The lowest BCUT2D eigenvalue weighted by Gasteiger charge is -2.49. The largest absolute Gasteiger partial charge is 0.372 e. The van der Waals surface area contributed by atoms with E-state index in [-0.39, 0.29) is 25.0 Å². The van der Waals surface area contributed by atoms with E-state index in [2.05, 4.69) is 41.6 Å². The maximum absolute atomic E-state index is 12.9. The van der Waals surface area contributed by atoms with Crippen LogP contribution in [0.4, 0.5) is 8.78 Å². The standard InChI is InChI=1S/C20H30F2N2O/c1-14-4-3-9-24(14)15(2)16-5-7-17(8-6-16)23-12-19(13-23)25-18-10-20(21,22)11-18/h3-4,9,15-19H,5-8,10-13H2,1-2H3. The number of likely N-dealkylation sites (tertiary alicyclic amines) is 1. The number of hydrogen-bond donors (Lipinski definition) is 0. The second-order valence-electron chi connectivity index (χ2n) is 8.46. The molecule has 1 aliphatic heterocycles. The molecule has 0 N–H and O–H groups in total. The van der Waals surface area contributed by atoms with Gasteiger partial charge in [-0.1, -0.05) is 0 Å². The van der Waals surface area contributed by atoms with Gasteiger partial charge in [-0.25, -0.2) is 8.78 Å². The first kappa shape index (κ1) is 17.5. The summed E-state index contributed by atoms with van der Waals surface area (Å²) in [5, 5.41) is 0. The van der Waals surface area contributed by atoms with E-state index in [1.54, 1.807) is 0 Å². The molecule has 2 heterocycles. The summed E-state index contributed by atoms with van der Waals surface area (Å²) in [6.07, 6.45) is 7.08. The first-order chi connectivity index (χ1) is 11.9. The molecular weight excluding hydrogens is 322 g/mol. The molecule has 4 rings (SSSR count). The lowest BCUT2D eigenvalue weighted by atomic mass is 9.80. The van der Waals surface area contributed by atoms with Gasteiger partial charge < -0.3 is 9.30 Å². The smallest absolute Gasteiger partial charge is 0.253 e. The van der Waals surface area contributed by atoms with Crippen LogP contribution in [0.5, 0.6) is 0 Å². The molecule has 1 aromatic rings. The normalized spacial score (nSPS) is 32.2. The molecule has 1 aromatic heterocycles. The lowest BCUT2D eigenvalue weighted by molar-refractivity contribution is -0.205. The number of nitrogens with zero attached hydrogens (tertiary/aromatic N) is 2. The van der Waals surface area contributed by atoms with Crippen LogP contribution >= 0.6 is 0 Å².